The van der Waals surface area contributed by atoms with Crippen molar-refractivity contribution in [2.24, 2.45) is 0 Å². The van der Waals surface area contributed by atoms with Crippen molar-refractivity contribution < 1.29 is 14.3 Å². The fourth-order valence-corrected chi connectivity index (χ4v) is 2.41. The summed E-state index contributed by atoms with van der Waals surface area (Å²) in [6.45, 7) is 4.66. The average molecular weight is 317 g/mol. The van der Waals surface area contributed by atoms with E-state index in [1.807, 2.05) is 38.1 Å². The Morgan fingerprint density at radius 3 is 2.52 bits per heavy atom. The van der Waals surface area contributed by atoms with Gasteiger partial charge < -0.3 is 14.8 Å². The van der Waals surface area contributed by atoms with Crippen molar-refractivity contribution in [1.29, 1.82) is 0 Å². The Hall–Kier alpha value is -2.50. The van der Waals surface area contributed by atoms with Gasteiger partial charge in [-0.05, 0) is 44.0 Å². The zero-order valence-corrected chi connectivity index (χ0v) is 14.0. The van der Waals surface area contributed by atoms with Crippen LogP contribution in [-0.2, 0) is 17.8 Å². The van der Waals surface area contributed by atoms with E-state index < -0.39 is 0 Å². The van der Waals surface area contributed by atoms with Crippen LogP contribution < -0.4 is 14.8 Å². The minimum atomic E-state index is -0.0447. The van der Waals surface area contributed by atoms with E-state index >= 15 is 0 Å². The van der Waals surface area contributed by atoms with E-state index in [4.69, 9.17) is 9.47 Å². The monoisotopic (exact) mass is 317 g/mol. The van der Waals surface area contributed by atoms with E-state index in [-0.39, 0.29) is 12.5 Å². The van der Waals surface area contributed by atoms with Crippen LogP contribution in [0.3, 0.4) is 0 Å². The number of aryl methyl sites for hydroxylation is 2. The van der Waals surface area contributed by atoms with Crippen LogP contribution in [0.5, 0.6) is 11.5 Å². The van der Waals surface area contributed by atoms with E-state index in [2.05, 4.69) is 10.4 Å². The number of benzene rings is 1. The molecule has 0 fully saturated rings. The van der Waals surface area contributed by atoms with Gasteiger partial charge in [-0.15, -0.1) is 0 Å². The van der Waals surface area contributed by atoms with Crippen molar-refractivity contribution >= 4 is 5.91 Å². The number of rotatable bonds is 7. The quantitative estimate of drug-likeness (QED) is 0.847. The third-order valence-electron chi connectivity index (χ3n) is 3.58. The van der Waals surface area contributed by atoms with E-state index in [1.54, 1.807) is 18.9 Å². The lowest BCUT2D eigenvalue weighted by Gasteiger charge is -2.10. The topological polar surface area (TPSA) is 65.4 Å². The summed E-state index contributed by atoms with van der Waals surface area (Å²) < 4.78 is 12.2. The van der Waals surface area contributed by atoms with Gasteiger partial charge in [-0.2, -0.15) is 5.10 Å². The molecule has 1 aromatic heterocycles. The fourth-order valence-electron chi connectivity index (χ4n) is 2.41. The predicted molar refractivity (Wildman–Crippen MR) is 88.0 cm³/mol. The lowest BCUT2D eigenvalue weighted by Crippen LogP contribution is -2.30. The Kier molecular flexibility index (Phi) is 5.62. The molecular formula is C17H23N3O3. The van der Waals surface area contributed by atoms with Crippen molar-refractivity contribution in [3.8, 4) is 11.5 Å². The maximum absolute atomic E-state index is 12.0. The molecule has 0 aliphatic carbocycles. The molecule has 0 unspecified atom stereocenters. The van der Waals surface area contributed by atoms with Gasteiger partial charge in [-0.25, -0.2) is 0 Å². The molecule has 0 aliphatic heterocycles. The van der Waals surface area contributed by atoms with Crippen LogP contribution in [0.2, 0.25) is 0 Å². The number of ether oxygens (including phenoxy) is 2. The maximum atomic E-state index is 12.0. The molecule has 2 rings (SSSR count). The molecule has 0 saturated carbocycles. The molecule has 23 heavy (non-hydrogen) atoms. The van der Waals surface area contributed by atoms with Crippen molar-refractivity contribution in [2.75, 3.05) is 20.8 Å². The number of hydrogen-bond acceptors (Lipinski definition) is 4. The highest BCUT2D eigenvalue weighted by Gasteiger charge is 2.08. The molecule has 0 radical (unpaired) electrons. The van der Waals surface area contributed by atoms with Gasteiger partial charge >= 0.3 is 0 Å². The second-order valence-corrected chi connectivity index (χ2v) is 5.37. The van der Waals surface area contributed by atoms with Crippen LogP contribution in [0.4, 0.5) is 0 Å². The summed E-state index contributed by atoms with van der Waals surface area (Å²) in [5.74, 6) is 1.35. The van der Waals surface area contributed by atoms with Gasteiger partial charge in [0.1, 0.15) is 6.54 Å². The lowest BCUT2D eigenvalue weighted by molar-refractivity contribution is -0.121. The molecular weight excluding hydrogens is 294 g/mol. The summed E-state index contributed by atoms with van der Waals surface area (Å²) in [7, 11) is 3.22. The molecule has 0 atom stereocenters. The predicted octanol–water partition coefficient (Wildman–Crippen LogP) is 1.88. The normalized spacial score (nSPS) is 10.4. The van der Waals surface area contributed by atoms with Gasteiger partial charge in [-0.1, -0.05) is 6.07 Å². The largest absolute Gasteiger partial charge is 0.493 e. The zero-order chi connectivity index (χ0) is 16.8. The Labute approximate surface area is 136 Å². The molecule has 1 N–H and O–H groups in total. The van der Waals surface area contributed by atoms with Crippen LogP contribution in [0, 0.1) is 13.8 Å². The number of amides is 1. The summed E-state index contributed by atoms with van der Waals surface area (Å²) >= 11 is 0. The molecule has 1 amide bonds. The zero-order valence-electron chi connectivity index (χ0n) is 14.0. The van der Waals surface area contributed by atoms with E-state index in [1.165, 1.54) is 0 Å². The van der Waals surface area contributed by atoms with Gasteiger partial charge in [0.15, 0.2) is 11.5 Å². The molecule has 6 heteroatoms. The van der Waals surface area contributed by atoms with Crippen molar-refractivity contribution in [3.63, 3.8) is 0 Å². The lowest BCUT2D eigenvalue weighted by atomic mass is 10.1. The van der Waals surface area contributed by atoms with Gasteiger partial charge in [0.2, 0.25) is 5.91 Å². The molecule has 0 aliphatic rings. The average Bonchev–Trinajstić information content (AvgIpc) is 2.84. The first kappa shape index (κ1) is 16.9. The van der Waals surface area contributed by atoms with Crippen LogP contribution >= 0.6 is 0 Å². The molecule has 1 heterocycles. The van der Waals surface area contributed by atoms with Crippen molar-refractivity contribution in [1.82, 2.24) is 15.1 Å². The fraction of sp³-hybridized carbons (Fsp3) is 0.412. The highest BCUT2D eigenvalue weighted by molar-refractivity contribution is 5.75. The summed E-state index contributed by atoms with van der Waals surface area (Å²) in [4.78, 5) is 12.0. The minimum Gasteiger partial charge on any atom is -0.493 e. The molecule has 1 aromatic carbocycles. The Bertz CT molecular complexity index is 680. The van der Waals surface area contributed by atoms with Crippen LogP contribution in [0.1, 0.15) is 17.0 Å². The number of carbonyl (C=O) groups is 1. The number of nitrogens with one attached hydrogen (secondary N) is 1. The first-order valence-electron chi connectivity index (χ1n) is 7.52. The number of methoxy groups -OCH3 is 2. The SMILES string of the molecule is COc1ccc(CCNC(=O)Cn2nc(C)cc2C)cc1OC. The van der Waals surface area contributed by atoms with E-state index in [9.17, 15) is 4.79 Å². The standard InChI is InChI=1S/C17H23N3O3/c1-12-9-13(2)20(19-12)11-17(21)18-8-7-14-5-6-15(22-3)16(10-14)23-4/h5-6,9-10H,7-8,11H2,1-4H3,(H,18,21). The molecule has 0 spiro atoms. The van der Waals surface area contributed by atoms with Crippen molar-refractivity contribution in [2.45, 2.75) is 26.8 Å². The molecule has 2 aromatic rings. The first-order valence-corrected chi connectivity index (χ1v) is 7.52. The van der Waals surface area contributed by atoms with Crippen LogP contribution in [0.15, 0.2) is 24.3 Å². The second-order valence-electron chi connectivity index (χ2n) is 5.37. The Morgan fingerprint density at radius 1 is 1.17 bits per heavy atom. The van der Waals surface area contributed by atoms with Gasteiger partial charge in [0, 0.05) is 12.2 Å². The maximum Gasteiger partial charge on any atom is 0.241 e. The number of carbonyl (C=O) groups excluding carboxylic acids is 1. The number of hydrogen-bond donors (Lipinski definition) is 1. The summed E-state index contributed by atoms with van der Waals surface area (Å²) in [5, 5.41) is 7.19. The van der Waals surface area contributed by atoms with Gasteiger partial charge in [0.25, 0.3) is 0 Å². The second kappa shape index (κ2) is 7.67. The van der Waals surface area contributed by atoms with E-state index in [0.29, 0.717) is 18.0 Å². The smallest absolute Gasteiger partial charge is 0.241 e. The van der Waals surface area contributed by atoms with Gasteiger partial charge in [0.05, 0.1) is 19.9 Å². The molecule has 0 saturated heterocycles. The molecule has 0 bridgehead atoms. The summed E-state index contributed by atoms with van der Waals surface area (Å²) in [6.07, 6.45) is 0.725. The third-order valence-corrected chi connectivity index (χ3v) is 3.58. The Balaban J connectivity index is 1.85. The van der Waals surface area contributed by atoms with Crippen LogP contribution in [-0.4, -0.2) is 36.5 Å². The highest BCUT2D eigenvalue weighted by Crippen LogP contribution is 2.27. The third kappa shape index (κ3) is 4.48. The Morgan fingerprint density at radius 2 is 1.91 bits per heavy atom. The van der Waals surface area contributed by atoms with Crippen molar-refractivity contribution in [3.05, 3.63) is 41.2 Å². The minimum absolute atomic E-state index is 0.0447. The summed E-state index contributed by atoms with van der Waals surface area (Å²) in [5.41, 5.74) is 2.98. The van der Waals surface area contributed by atoms with Crippen LogP contribution in [0.25, 0.3) is 0 Å². The molecule has 6 nitrogen and oxygen atoms in total. The highest BCUT2D eigenvalue weighted by atomic mass is 16.5. The summed E-state index contributed by atoms with van der Waals surface area (Å²) in [6, 6.07) is 7.71. The van der Waals surface area contributed by atoms with E-state index in [0.717, 1.165) is 23.4 Å². The first-order chi connectivity index (χ1) is 11.0. The number of nitrogens with zero attached hydrogens (tertiary/aromatic N) is 2. The number of aromatic nitrogens is 2. The molecule has 124 valence electrons. The van der Waals surface area contributed by atoms with Gasteiger partial charge in [-0.3, -0.25) is 9.48 Å².